The Morgan fingerprint density at radius 3 is 2.70 bits per heavy atom. The minimum atomic E-state index is -0.481. The van der Waals surface area contributed by atoms with Gasteiger partial charge in [0.15, 0.2) is 0 Å². The van der Waals surface area contributed by atoms with Crippen molar-refractivity contribution >= 4 is 12.2 Å². The number of nitrogens with zero attached hydrogens (tertiary/aromatic N) is 1. The van der Waals surface area contributed by atoms with Gasteiger partial charge in [0.1, 0.15) is 5.60 Å². The second-order valence-electron chi connectivity index (χ2n) is 7.24. The van der Waals surface area contributed by atoms with Gasteiger partial charge >= 0.3 is 12.2 Å². The molecule has 130 valence electrons. The molecule has 6 heteroatoms. The van der Waals surface area contributed by atoms with Crippen LogP contribution in [-0.4, -0.2) is 48.9 Å². The summed E-state index contributed by atoms with van der Waals surface area (Å²) in [7, 11) is 0. The molecule has 0 aromatic rings. The number of carbonyl (C=O) groups excluding carboxylic acids is 2. The third-order valence-electron chi connectivity index (χ3n) is 4.28. The smallest absolute Gasteiger partial charge is 0.410 e. The molecule has 2 rings (SSSR count). The lowest BCUT2D eigenvalue weighted by Gasteiger charge is -2.29. The Labute approximate surface area is 138 Å². The van der Waals surface area contributed by atoms with E-state index in [0.717, 1.165) is 6.42 Å². The molecule has 1 aliphatic heterocycles. The lowest BCUT2D eigenvalue weighted by atomic mass is 9.78. The lowest BCUT2D eigenvalue weighted by Crippen LogP contribution is -2.37. The van der Waals surface area contributed by atoms with Gasteiger partial charge < -0.3 is 19.7 Å². The molecule has 2 aliphatic rings. The Bertz CT molecular complexity index is 470. The van der Waals surface area contributed by atoms with Crippen molar-refractivity contribution in [3.05, 3.63) is 12.2 Å². The molecule has 23 heavy (non-hydrogen) atoms. The van der Waals surface area contributed by atoms with E-state index in [4.69, 9.17) is 9.47 Å². The molecule has 0 spiro atoms. The minimum absolute atomic E-state index is 0.252. The summed E-state index contributed by atoms with van der Waals surface area (Å²) in [6, 6.07) is 0. The summed E-state index contributed by atoms with van der Waals surface area (Å²) >= 11 is 0. The van der Waals surface area contributed by atoms with E-state index >= 15 is 0 Å². The molecule has 1 heterocycles. The van der Waals surface area contributed by atoms with E-state index in [0.29, 0.717) is 44.0 Å². The van der Waals surface area contributed by atoms with Crippen LogP contribution in [0.3, 0.4) is 0 Å². The predicted octanol–water partition coefficient (Wildman–Crippen LogP) is 2.79. The molecule has 0 saturated carbocycles. The zero-order valence-corrected chi connectivity index (χ0v) is 14.5. The fourth-order valence-electron chi connectivity index (χ4n) is 3.27. The molecule has 3 atom stereocenters. The molecule has 0 bridgehead atoms. The quantitative estimate of drug-likeness (QED) is 0.811. The minimum Gasteiger partial charge on any atom is -0.450 e. The second kappa shape index (κ2) is 7.23. The van der Waals surface area contributed by atoms with Crippen LogP contribution >= 0.6 is 0 Å². The van der Waals surface area contributed by atoms with E-state index in [9.17, 15) is 9.59 Å². The summed E-state index contributed by atoms with van der Waals surface area (Å²) in [6.07, 6.45) is 4.63. The Morgan fingerprint density at radius 2 is 2.04 bits per heavy atom. The average Bonchev–Trinajstić information content (AvgIpc) is 2.88. The first-order chi connectivity index (χ1) is 10.8. The number of carbonyl (C=O) groups is 2. The van der Waals surface area contributed by atoms with Gasteiger partial charge in [-0.15, -0.1) is 0 Å². The molecular weight excluding hydrogens is 296 g/mol. The van der Waals surface area contributed by atoms with E-state index < -0.39 is 5.60 Å². The number of fused-ring (bicyclic) bond motifs is 1. The number of likely N-dealkylation sites (tertiary alicyclic amines) is 1. The topological polar surface area (TPSA) is 67.9 Å². The average molecular weight is 324 g/mol. The SMILES string of the molecule is CCOC(=O)NCC1CC=CC2CN(C(=O)OC(C)(C)C)CC21. The largest absolute Gasteiger partial charge is 0.450 e. The first kappa shape index (κ1) is 17.6. The molecule has 6 nitrogen and oxygen atoms in total. The number of ether oxygens (including phenoxy) is 2. The number of amides is 2. The highest BCUT2D eigenvalue weighted by Crippen LogP contribution is 2.36. The third kappa shape index (κ3) is 4.88. The summed E-state index contributed by atoms with van der Waals surface area (Å²) < 4.78 is 10.4. The van der Waals surface area contributed by atoms with E-state index in [1.807, 2.05) is 20.8 Å². The molecule has 3 unspecified atom stereocenters. The third-order valence-corrected chi connectivity index (χ3v) is 4.28. The molecule has 1 fully saturated rings. The fourth-order valence-corrected chi connectivity index (χ4v) is 3.27. The van der Waals surface area contributed by atoms with Crippen molar-refractivity contribution in [1.82, 2.24) is 10.2 Å². The van der Waals surface area contributed by atoms with Crippen LogP contribution in [0.25, 0.3) is 0 Å². The van der Waals surface area contributed by atoms with E-state index in [-0.39, 0.29) is 12.2 Å². The zero-order chi connectivity index (χ0) is 17.0. The molecule has 0 aromatic carbocycles. The zero-order valence-electron chi connectivity index (χ0n) is 14.5. The van der Waals surface area contributed by atoms with Gasteiger partial charge in [-0.25, -0.2) is 9.59 Å². The maximum Gasteiger partial charge on any atom is 0.410 e. The van der Waals surface area contributed by atoms with Crippen molar-refractivity contribution in [2.75, 3.05) is 26.2 Å². The Morgan fingerprint density at radius 1 is 1.30 bits per heavy atom. The summed E-state index contributed by atoms with van der Waals surface area (Å²) in [4.78, 5) is 25.5. The maximum atomic E-state index is 12.3. The number of hydrogen-bond acceptors (Lipinski definition) is 4. The molecule has 0 radical (unpaired) electrons. The molecule has 0 aromatic heterocycles. The summed E-state index contributed by atoms with van der Waals surface area (Å²) in [5.41, 5.74) is -0.481. The van der Waals surface area contributed by atoms with Gasteiger partial charge in [-0.2, -0.15) is 0 Å². The first-order valence-corrected chi connectivity index (χ1v) is 8.35. The van der Waals surface area contributed by atoms with Gasteiger partial charge in [-0.1, -0.05) is 12.2 Å². The predicted molar refractivity (Wildman–Crippen MR) is 87.1 cm³/mol. The van der Waals surface area contributed by atoms with Gasteiger partial charge in [-0.3, -0.25) is 0 Å². The summed E-state index contributed by atoms with van der Waals surface area (Å²) in [6.45, 7) is 9.72. The lowest BCUT2D eigenvalue weighted by molar-refractivity contribution is 0.0282. The van der Waals surface area contributed by atoms with Crippen molar-refractivity contribution in [3.63, 3.8) is 0 Å². The van der Waals surface area contributed by atoms with Gasteiger partial charge in [0.2, 0.25) is 0 Å². The van der Waals surface area contributed by atoms with Gasteiger partial charge in [0.05, 0.1) is 6.61 Å². The standard InChI is InChI=1S/C17H28N2O4/c1-5-22-15(20)18-9-12-7-6-8-13-10-19(11-14(12)13)16(21)23-17(2,3)4/h6,8,12-14H,5,7,9-11H2,1-4H3,(H,18,20). The van der Waals surface area contributed by atoms with Crippen LogP contribution in [0.2, 0.25) is 0 Å². The summed E-state index contributed by atoms with van der Waals surface area (Å²) in [5, 5.41) is 2.82. The highest BCUT2D eigenvalue weighted by atomic mass is 16.6. The monoisotopic (exact) mass is 324 g/mol. The van der Waals surface area contributed by atoms with Gasteiger partial charge in [0.25, 0.3) is 0 Å². The molecule has 1 saturated heterocycles. The number of nitrogens with one attached hydrogen (secondary N) is 1. The normalized spacial score (nSPS) is 26.6. The Kier molecular flexibility index (Phi) is 5.55. The van der Waals surface area contributed by atoms with Crippen molar-refractivity contribution in [2.45, 2.75) is 39.7 Å². The van der Waals surface area contributed by atoms with Crippen LogP contribution in [0.4, 0.5) is 9.59 Å². The molecule has 2 amide bonds. The van der Waals surface area contributed by atoms with Crippen molar-refractivity contribution < 1.29 is 19.1 Å². The number of rotatable bonds is 3. The van der Waals surface area contributed by atoms with Gasteiger partial charge in [0, 0.05) is 19.6 Å². The van der Waals surface area contributed by atoms with Crippen molar-refractivity contribution in [2.24, 2.45) is 17.8 Å². The van der Waals surface area contributed by atoms with Crippen LogP contribution in [0, 0.1) is 17.8 Å². The van der Waals surface area contributed by atoms with Crippen LogP contribution < -0.4 is 5.32 Å². The Balaban J connectivity index is 1.91. The van der Waals surface area contributed by atoms with E-state index in [1.54, 1.807) is 11.8 Å². The van der Waals surface area contributed by atoms with E-state index in [1.165, 1.54) is 0 Å². The Hall–Kier alpha value is -1.72. The second-order valence-corrected chi connectivity index (χ2v) is 7.24. The highest BCUT2D eigenvalue weighted by Gasteiger charge is 2.41. The number of hydrogen-bond donors (Lipinski definition) is 1. The van der Waals surface area contributed by atoms with Gasteiger partial charge in [-0.05, 0) is 51.9 Å². The van der Waals surface area contributed by atoms with Crippen LogP contribution in [0.1, 0.15) is 34.1 Å². The molecule has 1 N–H and O–H groups in total. The van der Waals surface area contributed by atoms with E-state index in [2.05, 4.69) is 17.5 Å². The maximum absolute atomic E-state index is 12.3. The van der Waals surface area contributed by atoms with Crippen LogP contribution in [0.5, 0.6) is 0 Å². The van der Waals surface area contributed by atoms with Crippen LogP contribution in [-0.2, 0) is 9.47 Å². The summed E-state index contributed by atoms with van der Waals surface area (Å²) in [5.74, 6) is 1.02. The van der Waals surface area contributed by atoms with Crippen molar-refractivity contribution in [3.8, 4) is 0 Å². The number of allylic oxidation sites excluding steroid dienone is 1. The van der Waals surface area contributed by atoms with Crippen LogP contribution in [0.15, 0.2) is 12.2 Å². The molecule has 1 aliphatic carbocycles. The molecular formula is C17H28N2O4. The highest BCUT2D eigenvalue weighted by molar-refractivity contribution is 5.69. The number of alkyl carbamates (subject to hydrolysis) is 1. The first-order valence-electron chi connectivity index (χ1n) is 8.35. The fraction of sp³-hybridized carbons (Fsp3) is 0.765. The van der Waals surface area contributed by atoms with Crippen molar-refractivity contribution in [1.29, 1.82) is 0 Å².